The van der Waals surface area contributed by atoms with Crippen LogP contribution in [-0.4, -0.2) is 13.2 Å². The summed E-state index contributed by atoms with van der Waals surface area (Å²) >= 11 is 0. The Hall–Kier alpha value is -2.24. The molecule has 1 unspecified atom stereocenters. The highest BCUT2D eigenvalue weighted by Crippen LogP contribution is 2.18. The van der Waals surface area contributed by atoms with E-state index < -0.39 is 0 Å². The summed E-state index contributed by atoms with van der Waals surface area (Å²) in [5.41, 5.74) is 2.48. The van der Waals surface area contributed by atoms with Crippen molar-refractivity contribution in [3.05, 3.63) is 65.7 Å². The number of nitrogens with one attached hydrogen (secondary N) is 1. The molecule has 1 atom stereocenters. The molecule has 0 fully saturated rings. The van der Waals surface area contributed by atoms with Crippen molar-refractivity contribution in [2.45, 2.75) is 19.4 Å². The Morgan fingerprint density at radius 2 is 1.81 bits per heavy atom. The second-order valence-corrected chi connectivity index (χ2v) is 5.04. The van der Waals surface area contributed by atoms with Crippen LogP contribution in [0.4, 0.5) is 0 Å². The maximum atomic E-state index is 5.55. The van der Waals surface area contributed by atoms with Crippen LogP contribution in [0, 0.1) is 12.3 Å². The predicted molar refractivity (Wildman–Crippen MR) is 87.3 cm³/mol. The zero-order valence-corrected chi connectivity index (χ0v) is 12.4. The molecular formula is C19H21NO. The lowest BCUT2D eigenvalue weighted by molar-refractivity contribution is 0.364. The first kappa shape index (κ1) is 15.2. The highest BCUT2D eigenvalue weighted by atomic mass is 16.5. The first-order chi connectivity index (χ1) is 10.3. The van der Waals surface area contributed by atoms with Gasteiger partial charge in [-0.1, -0.05) is 61.4 Å². The van der Waals surface area contributed by atoms with Crippen LogP contribution in [0.2, 0.25) is 0 Å². The molecule has 0 aliphatic carbocycles. The average Bonchev–Trinajstić information content (AvgIpc) is 2.54. The van der Waals surface area contributed by atoms with E-state index in [9.17, 15) is 0 Å². The minimum Gasteiger partial charge on any atom is -0.481 e. The molecule has 0 heterocycles. The van der Waals surface area contributed by atoms with Gasteiger partial charge in [-0.25, -0.2) is 0 Å². The monoisotopic (exact) mass is 279 g/mol. The summed E-state index contributed by atoms with van der Waals surface area (Å²) in [6.07, 6.45) is 5.24. The Kier molecular flexibility index (Phi) is 5.87. The van der Waals surface area contributed by atoms with Gasteiger partial charge in [-0.05, 0) is 17.5 Å². The third-order valence-corrected chi connectivity index (χ3v) is 3.42. The Labute approximate surface area is 127 Å². The van der Waals surface area contributed by atoms with Crippen LogP contribution in [-0.2, 0) is 6.54 Å². The second kappa shape index (κ2) is 8.14. The Morgan fingerprint density at radius 3 is 2.57 bits per heavy atom. The van der Waals surface area contributed by atoms with Crippen molar-refractivity contribution in [3.63, 3.8) is 0 Å². The van der Waals surface area contributed by atoms with Crippen LogP contribution in [0.1, 0.15) is 24.0 Å². The van der Waals surface area contributed by atoms with Gasteiger partial charge in [0, 0.05) is 18.7 Å². The van der Waals surface area contributed by atoms with E-state index in [-0.39, 0.29) is 0 Å². The molecule has 0 aliphatic rings. The van der Waals surface area contributed by atoms with E-state index in [4.69, 9.17) is 11.2 Å². The van der Waals surface area contributed by atoms with Crippen LogP contribution >= 0.6 is 0 Å². The van der Waals surface area contributed by atoms with Crippen LogP contribution in [0.15, 0.2) is 54.6 Å². The van der Waals surface area contributed by atoms with Gasteiger partial charge >= 0.3 is 0 Å². The fraction of sp³-hybridized carbons (Fsp3) is 0.263. The van der Waals surface area contributed by atoms with E-state index >= 15 is 0 Å². The molecule has 0 aliphatic heterocycles. The number of terminal acetylenes is 1. The predicted octanol–water partition coefficient (Wildman–Crippen LogP) is 3.59. The average molecular weight is 279 g/mol. The van der Waals surface area contributed by atoms with Gasteiger partial charge in [0.15, 0.2) is 0 Å². The molecular weight excluding hydrogens is 258 g/mol. The fourth-order valence-corrected chi connectivity index (χ4v) is 2.23. The lowest BCUT2D eigenvalue weighted by Crippen LogP contribution is -2.20. The number of para-hydroxylation sites is 1. The van der Waals surface area contributed by atoms with E-state index in [0.29, 0.717) is 12.5 Å². The number of rotatable bonds is 7. The van der Waals surface area contributed by atoms with Crippen LogP contribution in [0.5, 0.6) is 5.75 Å². The number of hydrogen-bond acceptors (Lipinski definition) is 2. The van der Waals surface area contributed by atoms with Crippen molar-refractivity contribution in [3.8, 4) is 18.1 Å². The van der Waals surface area contributed by atoms with Gasteiger partial charge < -0.3 is 10.1 Å². The summed E-state index contributed by atoms with van der Waals surface area (Å²) in [6.45, 7) is 4.23. The van der Waals surface area contributed by atoms with Gasteiger partial charge in [0.2, 0.25) is 0 Å². The fourth-order valence-electron chi connectivity index (χ4n) is 2.23. The van der Waals surface area contributed by atoms with Crippen LogP contribution in [0.3, 0.4) is 0 Å². The molecule has 0 aromatic heterocycles. The molecule has 2 aromatic rings. The first-order valence-corrected chi connectivity index (χ1v) is 7.21. The molecule has 0 radical (unpaired) electrons. The summed E-state index contributed by atoms with van der Waals surface area (Å²) < 4.78 is 5.55. The van der Waals surface area contributed by atoms with Crippen molar-refractivity contribution >= 4 is 0 Å². The summed E-state index contributed by atoms with van der Waals surface area (Å²) in [7, 11) is 0. The standard InChI is InChI=1S/C19H21NO/c1-3-13-21-19-12-8-7-11-18(19)15-20-14-16(2)17-9-5-4-6-10-17/h1,4-12,16,20H,13-15H2,2H3. The van der Waals surface area contributed by atoms with E-state index in [1.165, 1.54) is 5.56 Å². The smallest absolute Gasteiger partial charge is 0.148 e. The minimum atomic E-state index is 0.303. The molecule has 2 heteroatoms. The van der Waals surface area contributed by atoms with Crippen molar-refractivity contribution in [1.82, 2.24) is 5.32 Å². The van der Waals surface area contributed by atoms with Crippen LogP contribution < -0.4 is 10.1 Å². The molecule has 0 saturated carbocycles. The van der Waals surface area contributed by atoms with Gasteiger partial charge in [-0.3, -0.25) is 0 Å². The Morgan fingerprint density at radius 1 is 1.10 bits per heavy atom. The molecule has 1 N–H and O–H groups in total. The van der Waals surface area contributed by atoms with E-state index in [1.807, 2.05) is 24.3 Å². The third-order valence-electron chi connectivity index (χ3n) is 3.42. The highest BCUT2D eigenvalue weighted by Gasteiger charge is 2.06. The van der Waals surface area contributed by atoms with Gasteiger partial charge in [0.05, 0.1) is 0 Å². The normalized spacial score (nSPS) is 11.6. The molecule has 2 aromatic carbocycles. The SMILES string of the molecule is C#CCOc1ccccc1CNCC(C)c1ccccc1. The van der Waals surface area contributed by atoms with Gasteiger partial charge in [-0.15, -0.1) is 6.42 Å². The maximum absolute atomic E-state index is 5.55. The lowest BCUT2D eigenvalue weighted by Gasteiger charge is -2.14. The second-order valence-electron chi connectivity index (χ2n) is 5.04. The number of hydrogen-bond donors (Lipinski definition) is 1. The molecule has 108 valence electrons. The van der Waals surface area contributed by atoms with Crippen LogP contribution in [0.25, 0.3) is 0 Å². The Bertz CT molecular complexity index is 586. The van der Waals surface area contributed by atoms with Crippen molar-refractivity contribution in [2.24, 2.45) is 0 Å². The molecule has 0 saturated heterocycles. The summed E-state index contributed by atoms with van der Waals surface area (Å²) in [5.74, 6) is 3.83. The van der Waals surface area contributed by atoms with E-state index in [1.54, 1.807) is 0 Å². The molecule has 0 spiro atoms. The number of benzene rings is 2. The molecule has 21 heavy (non-hydrogen) atoms. The van der Waals surface area contributed by atoms with Crippen molar-refractivity contribution in [2.75, 3.05) is 13.2 Å². The van der Waals surface area contributed by atoms with Gasteiger partial charge in [-0.2, -0.15) is 0 Å². The summed E-state index contributed by atoms with van der Waals surface area (Å²) in [5, 5.41) is 3.49. The van der Waals surface area contributed by atoms with Gasteiger partial charge in [0.1, 0.15) is 12.4 Å². The Balaban J connectivity index is 1.87. The zero-order valence-electron chi connectivity index (χ0n) is 12.4. The maximum Gasteiger partial charge on any atom is 0.148 e. The lowest BCUT2D eigenvalue weighted by atomic mass is 10.0. The molecule has 2 nitrogen and oxygen atoms in total. The van der Waals surface area contributed by atoms with E-state index in [0.717, 1.165) is 24.4 Å². The quantitative estimate of drug-likeness (QED) is 0.782. The minimum absolute atomic E-state index is 0.303. The topological polar surface area (TPSA) is 21.3 Å². The molecule has 2 rings (SSSR count). The van der Waals surface area contributed by atoms with Crippen molar-refractivity contribution in [1.29, 1.82) is 0 Å². The van der Waals surface area contributed by atoms with Crippen molar-refractivity contribution < 1.29 is 4.74 Å². The van der Waals surface area contributed by atoms with E-state index in [2.05, 4.69) is 48.5 Å². The first-order valence-electron chi connectivity index (χ1n) is 7.21. The summed E-state index contributed by atoms with van der Waals surface area (Å²) in [6, 6.07) is 18.5. The summed E-state index contributed by atoms with van der Waals surface area (Å²) in [4.78, 5) is 0. The molecule has 0 bridgehead atoms. The molecule has 0 amide bonds. The largest absolute Gasteiger partial charge is 0.481 e. The zero-order chi connectivity index (χ0) is 14.9. The third kappa shape index (κ3) is 4.66. The highest BCUT2D eigenvalue weighted by molar-refractivity contribution is 5.33. The van der Waals surface area contributed by atoms with Gasteiger partial charge in [0.25, 0.3) is 0 Å². The number of ether oxygens (including phenoxy) is 1.